The summed E-state index contributed by atoms with van der Waals surface area (Å²) in [5.74, 6) is -0.373. The lowest BCUT2D eigenvalue weighted by Gasteiger charge is -2.45. The molecule has 1 fully saturated rings. The van der Waals surface area contributed by atoms with E-state index in [-0.39, 0.29) is 24.1 Å². The van der Waals surface area contributed by atoms with Crippen molar-refractivity contribution in [3.8, 4) is 5.88 Å². The van der Waals surface area contributed by atoms with Gasteiger partial charge in [-0.3, -0.25) is 14.8 Å². The average molecular weight is 471 g/mol. The van der Waals surface area contributed by atoms with Gasteiger partial charge in [-0.15, -0.1) is 5.10 Å². The predicted octanol–water partition coefficient (Wildman–Crippen LogP) is 3.05. The van der Waals surface area contributed by atoms with E-state index in [1.807, 2.05) is 36.4 Å². The van der Waals surface area contributed by atoms with Crippen molar-refractivity contribution in [1.82, 2.24) is 9.78 Å². The van der Waals surface area contributed by atoms with Crippen molar-refractivity contribution in [3.63, 3.8) is 0 Å². The standard InChI is InChI=1S/C24H29N3O5Si/c1-24(2,3)33(18-11-7-5-8-12-18,19-13-9-6-10-14-19)32-22-17-30-16-21(22)31-23-20(27(28)29)15-26(4)25-23/h5-15,21-22H,16-17H2,1-4H3/t21-,22+/m0/s1/i4D3. The van der Waals surface area contributed by atoms with Crippen LogP contribution in [0.1, 0.15) is 24.9 Å². The van der Waals surface area contributed by atoms with E-state index >= 15 is 0 Å². The molecule has 0 bridgehead atoms. The molecule has 2 heterocycles. The Labute approximate surface area is 198 Å². The summed E-state index contributed by atoms with van der Waals surface area (Å²) < 4.78 is 41.9. The molecule has 0 N–H and O–H groups in total. The molecule has 3 aromatic rings. The van der Waals surface area contributed by atoms with Gasteiger partial charge in [0.1, 0.15) is 12.3 Å². The van der Waals surface area contributed by atoms with Crippen molar-refractivity contribution >= 4 is 24.4 Å². The van der Waals surface area contributed by atoms with Gasteiger partial charge in [-0.05, 0) is 15.4 Å². The fourth-order valence-corrected chi connectivity index (χ4v) is 9.04. The second-order valence-electron chi connectivity index (χ2n) is 9.03. The van der Waals surface area contributed by atoms with Gasteiger partial charge in [0.2, 0.25) is 0 Å². The molecule has 2 atom stereocenters. The van der Waals surface area contributed by atoms with Crippen LogP contribution in [0, 0.1) is 10.1 Å². The first-order chi connectivity index (χ1) is 16.9. The molecule has 0 aliphatic carbocycles. The van der Waals surface area contributed by atoms with Crippen LogP contribution < -0.4 is 15.1 Å². The molecule has 174 valence electrons. The van der Waals surface area contributed by atoms with Gasteiger partial charge in [0.25, 0.3) is 8.32 Å². The van der Waals surface area contributed by atoms with Crippen LogP contribution in [0.2, 0.25) is 5.04 Å². The highest BCUT2D eigenvalue weighted by Gasteiger charge is 2.53. The summed E-state index contributed by atoms with van der Waals surface area (Å²) >= 11 is 0. The summed E-state index contributed by atoms with van der Waals surface area (Å²) in [6.07, 6.45) is -0.421. The Balaban J connectivity index is 1.74. The lowest BCUT2D eigenvalue weighted by Crippen LogP contribution is -2.68. The maximum Gasteiger partial charge on any atom is 0.350 e. The molecule has 4 rings (SSSR count). The van der Waals surface area contributed by atoms with Crippen LogP contribution in [0.15, 0.2) is 66.9 Å². The number of aromatic nitrogens is 2. The first-order valence-electron chi connectivity index (χ1n) is 12.2. The minimum absolute atomic E-state index is 0.126. The van der Waals surface area contributed by atoms with Gasteiger partial charge < -0.3 is 13.9 Å². The summed E-state index contributed by atoms with van der Waals surface area (Å²) in [7, 11) is -2.94. The highest BCUT2D eigenvalue weighted by atomic mass is 28.4. The van der Waals surface area contributed by atoms with Crippen molar-refractivity contribution in [2.75, 3.05) is 13.2 Å². The van der Waals surface area contributed by atoms with Crippen LogP contribution in [0.5, 0.6) is 5.88 Å². The zero-order valence-corrected chi connectivity index (χ0v) is 19.8. The summed E-state index contributed by atoms with van der Waals surface area (Å²) in [4.78, 5) is 10.9. The van der Waals surface area contributed by atoms with E-state index < -0.39 is 38.1 Å². The van der Waals surface area contributed by atoms with E-state index in [2.05, 4.69) is 50.1 Å². The predicted molar refractivity (Wildman–Crippen MR) is 128 cm³/mol. The van der Waals surface area contributed by atoms with Crippen molar-refractivity contribution in [1.29, 1.82) is 0 Å². The third kappa shape index (κ3) is 4.44. The third-order valence-electron chi connectivity index (χ3n) is 5.85. The van der Waals surface area contributed by atoms with Crippen LogP contribution in [0.4, 0.5) is 5.69 Å². The van der Waals surface area contributed by atoms with E-state index in [0.29, 0.717) is 4.68 Å². The van der Waals surface area contributed by atoms with Gasteiger partial charge in [0.15, 0.2) is 6.10 Å². The number of hydrogen-bond donors (Lipinski definition) is 0. The number of nitrogens with zero attached hydrogens (tertiary/aromatic N) is 3. The summed E-state index contributed by atoms with van der Waals surface area (Å²) in [6, 6.07) is 20.1. The SMILES string of the molecule is [2H]C([2H])([2H])n1cc([N+](=O)[O-])c(O[C@H]2COC[C@H]2O[Si](c2ccccc2)(c2ccccc2)C(C)(C)C)n1. The highest BCUT2D eigenvalue weighted by molar-refractivity contribution is 6.99. The zero-order valence-electron chi connectivity index (χ0n) is 21.8. The first kappa shape index (κ1) is 19.5. The van der Waals surface area contributed by atoms with Crippen LogP contribution >= 0.6 is 0 Å². The van der Waals surface area contributed by atoms with Crippen LogP contribution in [0.25, 0.3) is 0 Å². The Morgan fingerprint density at radius 3 is 2.18 bits per heavy atom. The molecule has 1 aliphatic rings. The first-order valence-corrected chi connectivity index (χ1v) is 12.6. The molecular formula is C24H29N3O5Si. The topological polar surface area (TPSA) is 88.7 Å². The molecule has 0 amide bonds. The number of nitro groups is 1. The van der Waals surface area contributed by atoms with E-state index in [4.69, 9.17) is 18.0 Å². The molecule has 9 heteroatoms. The maximum absolute atomic E-state index is 11.6. The number of rotatable bonds is 7. The number of hydrogen-bond acceptors (Lipinski definition) is 6. The summed E-state index contributed by atoms with van der Waals surface area (Å²) in [6.45, 7) is 4.11. The van der Waals surface area contributed by atoms with Crippen LogP contribution in [-0.2, 0) is 16.1 Å². The van der Waals surface area contributed by atoms with Gasteiger partial charge in [-0.1, -0.05) is 81.4 Å². The molecule has 0 spiro atoms. The molecule has 1 aliphatic heterocycles. The third-order valence-corrected chi connectivity index (χ3v) is 10.9. The molecule has 1 aromatic heterocycles. The van der Waals surface area contributed by atoms with Crippen molar-refractivity contribution < 1.29 is 22.9 Å². The minimum Gasteiger partial charge on any atom is -0.463 e. The van der Waals surface area contributed by atoms with E-state index in [0.717, 1.165) is 16.6 Å². The second-order valence-corrected chi connectivity index (χ2v) is 13.3. The molecular weight excluding hydrogens is 438 g/mol. The normalized spacial score (nSPS) is 20.6. The van der Waals surface area contributed by atoms with Gasteiger partial charge in [0.05, 0.1) is 18.1 Å². The summed E-state index contributed by atoms with van der Waals surface area (Å²) in [5.41, 5.74) is -0.526. The summed E-state index contributed by atoms with van der Waals surface area (Å²) in [5, 5.41) is 17.3. The Morgan fingerprint density at radius 2 is 1.67 bits per heavy atom. The molecule has 0 unspecified atom stereocenters. The lowest BCUT2D eigenvalue weighted by molar-refractivity contribution is -0.386. The van der Waals surface area contributed by atoms with Gasteiger partial charge >= 0.3 is 11.6 Å². The van der Waals surface area contributed by atoms with Crippen LogP contribution in [0.3, 0.4) is 0 Å². The lowest BCUT2D eigenvalue weighted by atomic mass is 10.2. The molecule has 0 radical (unpaired) electrons. The Kier molecular flexibility index (Phi) is 5.36. The monoisotopic (exact) mass is 470 g/mol. The minimum atomic E-state index is -2.94. The molecule has 33 heavy (non-hydrogen) atoms. The quantitative estimate of drug-likeness (QED) is 0.300. The Morgan fingerprint density at radius 1 is 1.09 bits per heavy atom. The zero-order chi connectivity index (χ0) is 26.1. The smallest absolute Gasteiger partial charge is 0.350 e. The highest BCUT2D eigenvalue weighted by Crippen LogP contribution is 2.39. The average Bonchev–Trinajstić information content (AvgIpc) is 3.45. The maximum atomic E-state index is 11.6. The fraction of sp³-hybridized carbons (Fsp3) is 0.375. The van der Waals surface area contributed by atoms with Crippen LogP contribution in [-0.4, -0.2) is 48.4 Å². The largest absolute Gasteiger partial charge is 0.463 e. The van der Waals surface area contributed by atoms with Crippen molar-refractivity contribution in [2.45, 2.75) is 38.0 Å². The number of aryl methyl sites for hydroxylation is 1. The van der Waals surface area contributed by atoms with Gasteiger partial charge in [-0.25, -0.2) is 0 Å². The fourth-order valence-electron chi connectivity index (χ4n) is 4.35. The molecule has 0 saturated carbocycles. The molecule has 2 aromatic carbocycles. The Bertz CT molecular complexity index is 1160. The molecule has 8 nitrogen and oxygen atoms in total. The molecule has 1 saturated heterocycles. The van der Waals surface area contributed by atoms with E-state index in [9.17, 15) is 10.1 Å². The number of benzene rings is 2. The van der Waals surface area contributed by atoms with Crippen molar-refractivity contribution in [2.24, 2.45) is 6.98 Å². The van der Waals surface area contributed by atoms with E-state index in [1.165, 1.54) is 0 Å². The second kappa shape index (κ2) is 9.09. The number of ether oxygens (including phenoxy) is 2. The van der Waals surface area contributed by atoms with Gasteiger partial charge in [-0.2, -0.15) is 0 Å². The Hall–Kier alpha value is -3.01. The van der Waals surface area contributed by atoms with E-state index in [1.54, 1.807) is 0 Å². The van der Waals surface area contributed by atoms with Gasteiger partial charge in [0, 0.05) is 11.1 Å². The van der Waals surface area contributed by atoms with Crippen molar-refractivity contribution in [3.05, 3.63) is 77.0 Å².